The number of carbonyl (C=O) groups excluding carboxylic acids is 1. The molecule has 0 heterocycles. The summed E-state index contributed by atoms with van der Waals surface area (Å²) < 4.78 is 5.18. The van der Waals surface area contributed by atoms with Gasteiger partial charge in [-0.25, -0.2) is 4.79 Å². The summed E-state index contributed by atoms with van der Waals surface area (Å²) >= 11 is 0. The van der Waals surface area contributed by atoms with Gasteiger partial charge in [0.1, 0.15) is 6.61 Å². The summed E-state index contributed by atoms with van der Waals surface area (Å²) in [7, 11) is 0. The number of rotatable bonds is 7. The molecule has 5 rings (SSSR count). The summed E-state index contributed by atoms with van der Waals surface area (Å²) in [5, 5.41) is 9.53. The van der Waals surface area contributed by atoms with Crippen molar-refractivity contribution in [3.8, 4) is 11.1 Å². The van der Waals surface area contributed by atoms with Gasteiger partial charge in [-0.3, -0.25) is 0 Å². The fraction of sp³-hybridized carbons (Fsp3) is 0.156. The molecule has 0 unspecified atom stereocenters. The van der Waals surface area contributed by atoms with E-state index in [-0.39, 0.29) is 18.6 Å². The van der Waals surface area contributed by atoms with Crippen molar-refractivity contribution >= 4 is 23.0 Å². The van der Waals surface area contributed by atoms with Gasteiger partial charge in [-0.15, -0.1) is 0 Å². The van der Waals surface area contributed by atoms with E-state index in [1.165, 1.54) is 28.3 Å². The van der Waals surface area contributed by atoms with Crippen LogP contribution in [-0.2, 0) is 28.2 Å². The van der Waals surface area contributed by atoms with Crippen LogP contribution in [-0.4, -0.2) is 11.1 Å². The smallest absolute Gasteiger partial charge is 0.330 e. The number of aliphatic hydroxyl groups excluding tert-OH is 1. The summed E-state index contributed by atoms with van der Waals surface area (Å²) in [4.78, 5) is 13.7. The van der Waals surface area contributed by atoms with Gasteiger partial charge in [-0.2, -0.15) is 0 Å². The van der Waals surface area contributed by atoms with Crippen molar-refractivity contribution in [2.75, 3.05) is 4.90 Å². The predicted octanol–water partition coefficient (Wildman–Crippen LogP) is 7.18. The minimum absolute atomic E-state index is 0.00367. The Morgan fingerprint density at radius 1 is 0.833 bits per heavy atom. The predicted molar refractivity (Wildman–Crippen MR) is 145 cm³/mol. The number of nitrogens with zero attached hydrogens (tertiary/aromatic N) is 1. The van der Waals surface area contributed by atoms with E-state index in [4.69, 9.17) is 4.74 Å². The topological polar surface area (TPSA) is 49.8 Å². The maximum Gasteiger partial charge on any atom is 0.330 e. The number of esters is 1. The molecule has 0 spiro atoms. The van der Waals surface area contributed by atoms with Crippen LogP contribution >= 0.6 is 0 Å². The molecule has 180 valence electrons. The number of aliphatic hydroxyl groups is 1. The summed E-state index contributed by atoms with van der Waals surface area (Å²) in [5.74, 6) is -0.438. The normalized spacial score (nSPS) is 13.0. The van der Waals surface area contributed by atoms with Gasteiger partial charge in [0, 0.05) is 28.6 Å². The molecule has 4 aromatic carbocycles. The summed E-state index contributed by atoms with van der Waals surface area (Å²) in [5.41, 5.74) is 9.89. The number of ether oxygens (including phenoxy) is 1. The van der Waals surface area contributed by atoms with Gasteiger partial charge in [0.05, 0.1) is 6.61 Å². The number of hydrogen-bond donors (Lipinski definition) is 1. The van der Waals surface area contributed by atoms with Crippen LogP contribution in [0, 0.1) is 0 Å². The van der Waals surface area contributed by atoms with Gasteiger partial charge in [-0.05, 0) is 69.8 Å². The molecular formula is C32H29NO3. The third-order valence-electron chi connectivity index (χ3n) is 6.94. The Labute approximate surface area is 212 Å². The molecule has 1 aliphatic carbocycles. The maximum absolute atomic E-state index is 11.4. The quantitative estimate of drug-likeness (QED) is 0.227. The molecular weight excluding hydrogens is 446 g/mol. The monoisotopic (exact) mass is 475 g/mol. The lowest BCUT2D eigenvalue weighted by Crippen LogP contribution is -2.16. The molecule has 4 heteroatoms. The Morgan fingerprint density at radius 3 is 2.06 bits per heavy atom. The Kier molecular flexibility index (Phi) is 6.21. The zero-order valence-corrected chi connectivity index (χ0v) is 20.6. The first-order valence-corrected chi connectivity index (χ1v) is 12.0. The lowest BCUT2D eigenvalue weighted by atomic mass is 9.82. The Hall–Kier alpha value is -4.15. The van der Waals surface area contributed by atoms with Crippen LogP contribution in [0.1, 0.15) is 36.1 Å². The molecule has 0 bridgehead atoms. The molecule has 0 atom stereocenters. The van der Waals surface area contributed by atoms with Crippen molar-refractivity contribution in [2.45, 2.75) is 32.5 Å². The highest BCUT2D eigenvalue weighted by molar-refractivity contribution is 5.85. The first kappa shape index (κ1) is 23.6. The average Bonchev–Trinajstić information content (AvgIpc) is 3.15. The van der Waals surface area contributed by atoms with Crippen LogP contribution < -0.4 is 4.90 Å². The van der Waals surface area contributed by atoms with E-state index in [0.717, 1.165) is 28.2 Å². The van der Waals surface area contributed by atoms with Crippen molar-refractivity contribution in [3.05, 3.63) is 126 Å². The van der Waals surface area contributed by atoms with Gasteiger partial charge in [0.2, 0.25) is 0 Å². The largest absolute Gasteiger partial charge is 0.458 e. The zero-order valence-electron chi connectivity index (χ0n) is 20.6. The van der Waals surface area contributed by atoms with E-state index in [1.807, 2.05) is 48.5 Å². The third-order valence-corrected chi connectivity index (χ3v) is 6.94. The third kappa shape index (κ3) is 4.21. The Morgan fingerprint density at radius 2 is 1.42 bits per heavy atom. The van der Waals surface area contributed by atoms with Gasteiger partial charge in [0.15, 0.2) is 0 Å². The molecule has 4 nitrogen and oxygen atoms in total. The molecule has 0 radical (unpaired) electrons. The van der Waals surface area contributed by atoms with Crippen LogP contribution in [0.5, 0.6) is 0 Å². The minimum Gasteiger partial charge on any atom is -0.458 e. The van der Waals surface area contributed by atoms with E-state index in [9.17, 15) is 9.90 Å². The van der Waals surface area contributed by atoms with E-state index in [0.29, 0.717) is 0 Å². The average molecular weight is 476 g/mol. The highest BCUT2D eigenvalue weighted by Crippen LogP contribution is 2.50. The maximum atomic E-state index is 11.4. The first-order valence-electron chi connectivity index (χ1n) is 12.0. The molecule has 0 aromatic heterocycles. The van der Waals surface area contributed by atoms with E-state index in [1.54, 1.807) is 0 Å². The number of carbonyl (C=O) groups is 1. The Balaban J connectivity index is 1.57. The van der Waals surface area contributed by atoms with Crippen molar-refractivity contribution < 1.29 is 14.6 Å². The van der Waals surface area contributed by atoms with Gasteiger partial charge in [0.25, 0.3) is 0 Å². The van der Waals surface area contributed by atoms with Crippen LogP contribution in [0.15, 0.2) is 104 Å². The summed E-state index contributed by atoms with van der Waals surface area (Å²) in [6.45, 7) is 8.20. The second-order valence-electron chi connectivity index (χ2n) is 9.54. The van der Waals surface area contributed by atoms with Crippen LogP contribution in [0.4, 0.5) is 17.1 Å². The van der Waals surface area contributed by atoms with E-state index >= 15 is 0 Å². The molecule has 4 aromatic rings. The van der Waals surface area contributed by atoms with Gasteiger partial charge < -0.3 is 14.7 Å². The van der Waals surface area contributed by atoms with Crippen molar-refractivity contribution in [3.63, 3.8) is 0 Å². The fourth-order valence-electron chi connectivity index (χ4n) is 4.98. The fourth-order valence-corrected chi connectivity index (χ4v) is 4.98. The molecule has 1 N–H and O–H groups in total. The second kappa shape index (κ2) is 9.48. The number of anilines is 3. The highest BCUT2D eigenvalue weighted by Gasteiger charge is 2.35. The van der Waals surface area contributed by atoms with Crippen molar-refractivity contribution in [1.29, 1.82) is 0 Å². The molecule has 0 amide bonds. The SMILES string of the molecule is C=CC(=O)OCc1ccc(N(c2ccc(CO)cc2)c2ccc3c(c2)C(C)(C)c2ccccc2-3)cc1. The molecule has 0 fully saturated rings. The number of benzene rings is 4. The van der Waals surface area contributed by atoms with Crippen LogP contribution in [0.2, 0.25) is 0 Å². The molecule has 0 saturated heterocycles. The van der Waals surface area contributed by atoms with Crippen molar-refractivity contribution in [2.24, 2.45) is 0 Å². The zero-order chi connectivity index (χ0) is 25.3. The Bertz CT molecular complexity index is 1420. The minimum atomic E-state index is -0.438. The number of fused-ring (bicyclic) bond motifs is 3. The lowest BCUT2D eigenvalue weighted by molar-refractivity contribution is -0.138. The highest BCUT2D eigenvalue weighted by atomic mass is 16.5. The molecule has 0 saturated carbocycles. The van der Waals surface area contributed by atoms with E-state index < -0.39 is 5.97 Å². The van der Waals surface area contributed by atoms with Gasteiger partial charge >= 0.3 is 5.97 Å². The van der Waals surface area contributed by atoms with Crippen LogP contribution in [0.3, 0.4) is 0 Å². The van der Waals surface area contributed by atoms with Crippen molar-refractivity contribution in [1.82, 2.24) is 0 Å². The van der Waals surface area contributed by atoms with Gasteiger partial charge in [-0.1, -0.05) is 75.0 Å². The molecule has 1 aliphatic rings. The number of hydrogen-bond acceptors (Lipinski definition) is 4. The van der Waals surface area contributed by atoms with Crippen LogP contribution in [0.25, 0.3) is 11.1 Å². The molecule has 36 heavy (non-hydrogen) atoms. The lowest BCUT2D eigenvalue weighted by Gasteiger charge is -2.28. The van der Waals surface area contributed by atoms with E-state index in [2.05, 4.69) is 67.8 Å². The molecule has 0 aliphatic heterocycles. The summed E-state index contributed by atoms with van der Waals surface area (Å²) in [6.07, 6.45) is 1.17. The second-order valence-corrected chi connectivity index (χ2v) is 9.54. The first-order chi connectivity index (χ1) is 17.4. The standard InChI is InChI=1S/C32H29NO3/c1-4-31(35)36-21-23-11-15-25(16-12-23)33(24-13-9-22(20-34)10-14-24)26-17-18-28-27-7-5-6-8-29(27)32(2,3)30(28)19-26/h4-19,34H,1,20-21H2,2-3H3. The summed E-state index contributed by atoms with van der Waals surface area (Å²) in [6, 6.07) is 31.2.